The highest BCUT2D eigenvalue weighted by Gasteiger charge is 2.47. The summed E-state index contributed by atoms with van der Waals surface area (Å²) in [5, 5.41) is 0. The Hall–Kier alpha value is -3.99. The highest BCUT2D eigenvalue weighted by Crippen LogP contribution is 2.46. The zero-order valence-corrected chi connectivity index (χ0v) is 18.0. The van der Waals surface area contributed by atoms with Crippen molar-refractivity contribution >= 4 is 28.9 Å². The summed E-state index contributed by atoms with van der Waals surface area (Å²) >= 11 is 0. The number of rotatable bonds is 3. The molecule has 5 nitrogen and oxygen atoms in total. The van der Waals surface area contributed by atoms with Gasteiger partial charge in [-0.3, -0.25) is 14.5 Å². The second-order valence-corrected chi connectivity index (χ2v) is 8.65. The number of allylic oxidation sites excluding steroid dienone is 1. The lowest BCUT2D eigenvalue weighted by atomic mass is 9.89. The summed E-state index contributed by atoms with van der Waals surface area (Å²) in [6.45, 7) is 5.72. The van der Waals surface area contributed by atoms with Gasteiger partial charge in [-0.05, 0) is 61.7 Å². The molecule has 2 aliphatic rings. The molecule has 1 amide bonds. The SMILES string of the molecule is CC1=CC(C)(C)N2C(=O)C(=O)c3cc(OC(=O)c4ccc(-c5ccccc5)cc4)cc1c32. The maximum Gasteiger partial charge on any atom is 0.343 e. The van der Waals surface area contributed by atoms with Crippen LogP contribution in [0.1, 0.15) is 47.1 Å². The number of hydrogen-bond acceptors (Lipinski definition) is 4. The Labute approximate surface area is 185 Å². The molecule has 0 spiro atoms. The summed E-state index contributed by atoms with van der Waals surface area (Å²) in [7, 11) is 0. The standard InChI is InChI=1S/C27H21NO4/c1-16-15-27(2,3)28-23-21(16)13-20(14-22(23)24(29)25(28)30)32-26(31)19-11-9-18(10-12-19)17-7-5-4-6-8-17/h4-15H,1-3H3. The van der Waals surface area contributed by atoms with Crippen molar-refractivity contribution in [2.24, 2.45) is 0 Å². The number of ketones is 1. The Bertz CT molecular complexity index is 1320. The van der Waals surface area contributed by atoms with Crippen molar-refractivity contribution in [2.75, 3.05) is 4.90 Å². The monoisotopic (exact) mass is 423 g/mol. The van der Waals surface area contributed by atoms with Crippen LogP contribution in [0.2, 0.25) is 0 Å². The van der Waals surface area contributed by atoms with Crippen molar-refractivity contribution < 1.29 is 19.1 Å². The maximum atomic E-state index is 12.8. The van der Waals surface area contributed by atoms with Gasteiger partial charge in [-0.15, -0.1) is 0 Å². The van der Waals surface area contributed by atoms with Crippen molar-refractivity contribution in [3.05, 3.63) is 89.5 Å². The number of hydrogen-bond donors (Lipinski definition) is 0. The van der Waals surface area contributed by atoms with Gasteiger partial charge in [0.05, 0.1) is 22.4 Å². The lowest BCUT2D eigenvalue weighted by Crippen LogP contribution is -2.47. The number of benzene rings is 3. The van der Waals surface area contributed by atoms with Crippen LogP contribution in [0, 0.1) is 0 Å². The molecule has 0 saturated heterocycles. The normalized spacial score (nSPS) is 16.0. The molecule has 32 heavy (non-hydrogen) atoms. The number of carbonyl (C=O) groups is 3. The predicted octanol–water partition coefficient (Wildman–Crippen LogP) is 5.30. The zero-order chi connectivity index (χ0) is 22.6. The van der Waals surface area contributed by atoms with Crippen molar-refractivity contribution in [3.8, 4) is 16.9 Å². The molecule has 0 aromatic heterocycles. The van der Waals surface area contributed by atoms with Crippen LogP contribution in [0.3, 0.4) is 0 Å². The molecule has 0 aliphatic carbocycles. The molecule has 158 valence electrons. The minimum absolute atomic E-state index is 0.242. The molecule has 5 rings (SSSR count). The Morgan fingerprint density at radius 1 is 0.875 bits per heavy atom. The van der Waals surface area contributed by atoms with Crippen LogP contribution < -0.4 is 9.64 Å². The van der Waals surface area contributed by atoms with Crippen LogP contribution in [0.5, 0.6) is 5.75 Å². The van der Waals surface area contributed by atoms with E-state index in [0.717, 1.165) is 22.3 Å². The van der Waals surface area contributed by atoms with E-state index in [1.54, 1.807) is 18.2 Å². The number of Topliss-reactive ketones (excluding diaryl/α,β-unsaturated/α-hetero) is 1. The number of nitrogens with zero attached hydrogens (tertiary/aromatic N) is 1. The zero-order valence-electron chi connectivity index (χ0n) is 18.0. The third-order valence-corrected chi connectivity index (χ3v) is 5.96. The van der Waals surface area contributed by atoms with Crippen LogP contribution in [0.4, 0.5) is 5.69 Å². The average molecular weight is 423 g/mol. The fourth-order valence-corrected chi connectivity index (χ4v) is 4.52. The molecule has 3 aromatic rings. The summed E-state index contributed by atoms with van der Waals surface area (Å²) in [4.78, 5) is 39.6. The topological polar surface area (TPSA) is 63.7 Å². The van der Waals surface area contributed by atoms with Crippen LogP contribution in [0.25, 0.3) is 16.7 Å². The lowest BCUT2D eigenvalue weighted by molar-refractivity contribution is -0.115. The van der Waals surface area contributed by atoms with E-state index in [4.69, 9.17) is 4.74 Å². The first-order valence-electron chi connectivity index (χ1n) is 10.4. The van der Waals surface area contributed by atoms with E-state index < -0.39 is 23.2 Å². The van der Waals surface area contributed by atoms with Gasteiger partial charge in [-0.2, -0.15) is 0 Å². The van der Waals surface area contributed by atoms with Crippen molar-refractivity contribution in [2.45, 2.75) is 26.3 Å². The van der Waals surface area contributed by atoms with Gasteiger partial charge in [-0.25, -0.2) is 4.79 Å². The number of amides is 1. The van der Waals surface area contributed by atoms with Gasteiger partial charge in [0.15, 0.2) is 0 Å². The van der Waals surface area contributed by atoms with Crippen LogP contribution in [-0.2, 0) is 4.79 Å². The average Bonchev–Trinajstić information content (AvgIpc) is 3.04. The molecular weight excluding hydrogens is 402 g/mol. The summed E-state index contributed by atoms with van der Waals surface area (Å²) in [6.07, 6.45) is 1.95. The van der Waals surface area contributed by atoms with Crippen LogP contribution in [-0.4, -0.2) is 23.2 Å². The largest absolute Gasteiger partial charge is 0.423 e. The van der Waals surface area contributed by atoms with E-state index in [9.17, 15) is 14.4 Å². The third-order valence-electron chi connectivity index (χ3n) is 5.96. The predicted molar refractivity (Wildman–Crippen MR) is 123 cm³/mol. The maximum absolute atomic E-state index is 12.8. The summed E-state index contributed by atoms with van der Waals surface area (Å²) in [6, 6.07) is 20.3. The molecular formula is C27H21NO4. The molecule has 0 atom stereocenters. The number of anilines is 1. The highest BCUT2D eigenvalue weighted by atomic mass is 16.5. The highest BCUT2D eigenvalue weighted by molar-refractivity contribution is 6.53. The second kappa shape index (κ2) is 7.02. The van der Waals surface area contributed by atoms with Gasteiger partial charge in [0.2, 0.25) is 0 Å². The molecule has 0 saturated carbocycles. The van der Waals surface area contributed by atoms with Crippen LogP contribution in [0.15, 0.2) is 72.8 Å². The lowest BCUT2D eigenvalue weighted by Gasteiger charge is -2.38. The first-order valence-corrected chi connectivity index (χ1v) is 10.4. The molecule has 0 fully saturated rings. The molecule has 5 heteroatoms. The van der Waals surface area contributed by atoms with E-state index in [2.05, 4.69) is 0 Å². The molecule has 2 aliphatic heterocycles. The smallest absolute Gasteiger partial charge is 0.343 e. The molecule has 0 unspecified atom stereocenters. The van der Waals surface area contributed by atoms with Gasteiger partial charge in [0, 0.05) is 5.56 Å². The van der Waals surface area contributed by atoms with Gasteiger partial charge in [0.1, 0.15) is 5.75 Å². The van der Waals surface area contributed by atoms with E-state index in [-0.39, 0.29) is 11.3 Å². The van der Waals surface area contributed by atoms with Crippen molar-refractivity contribution in [1.82, 2.24) is 0 Å². The fourth-order valence-electron chi connectivity index (χ4n) is 4.52. The molecule has 0 radical (unpaired) electrons. The molecule has 2 heterocycles. The van der Waals surface area contributed by atoms with Crippen molar-refractivity contribution in [3.63, 3.8) is 0 Å². The Balaban J connectivity index is 1.46. The van der Waals surface area contributed by atoms with E-state index in [1.165, 1.54) is 11.0 Å². The summed E-state index contributed by atoms with van der Waals surface area (Å²) in [5.74, 6) is -1.42. The first kappa shape index (κ1) is 19.9. The van der Waals surface area contributed by atoms with Gasteiger partial charge < -0.3 is 4.74 Å². The van der Waals surface area contributed by atoms with E-state index >= 15 is 0 Å². The Morgan fingerprint density at radius 2 is 1.50 bits per heavy atom. The molecule has 0 bridgehead atoms. The number of carbonyl (C=O) groups excluding carboxylic acids is 3. The summed E-state index contributed by atoms with van der Waals surface area (Å²) < 4.78 is 5.61. The second-order valence-electron chi connectivity index (χ2n) is 8.65. The minimum atomic E-state index is -0.603. The quantitative estimate of drug-likeness (QED) is 0.326. The Morgan fingerprint density at radius 3 is 2.19 bits per heavy atom. The first-order chi connectivity index (χ1) is 15.3. The molecule has 0 N–H and O–H groups in total. The summed E-state index contributed by atoms with van der Waals surface area (Å²) in [5.41, 5.74) is 4.37. The van der Waals surface area contributed by atoms with E-state index in [0.29, 0.717) is 11.3 Å². The van der Waals surface area contributed by atoms with Crippen molar-refractivity contribution in [1.29, 1.82) is 0 Å². The van der Waals surface area contributed by atoms with Gasteiger partial charge in [-0.1, -0.05) is 48.5 Å². The van der Waals surface area contributed by atoms with E-state index in [1.807, 2.05) is 69.3 Å². The van der Waals surface area contributed by atoms with Gasteiger partial charge >= 0.3 is 5.97 Å². The Kier molecular flexibility index (Phi) is 4.38. The third kappa shape index (κ3) is 3.05. The molecule has 3 aromatic carbocycles. The van der Waals surface area contributed by atoms with Gasteiger partial charge in [0.25, 0.3) is 11.7 Å². The number of esters is 1. The fraction of sp³-hybridized carbons (Fsp3) is 0.148. The van der Waals surface area contributed by atoms with Crippen LogP contribution >= 0.6 is 0 Å². The number of ether oxygens (including phenoxy) is 1. The minimum Gasteiger partial charge on any atom is -0.423 e.